The fourth-order valence-corrected chi connectivity index (χ4v) is 3.58. The number of hydrogen-bond donors (Lipinski definition) is 1. The minimum Gasteiger partial charge on any atom is -0.388 e. The van der Waals surface area contributed by atoms with Crippen molar-refractivity contribution in [3.05, 3.63) is 20.8 Å². The summed E-state index contributed by atoms with van der Waals surface area (Å²) in [7, 11) is 0. The second-order valence-corrected chi connectivity index (χ2v) is 6.84. The summed E-state index contributed by atoms with van der Waals surface area (Å²) in [6.45, 7) is 3.44. The molecule has 1 atom stereocenters. The highest BCUT2D eigenvalue weighted by molar-refractivity contribution is 9.11. The van der Waals surface area contributed by atoms with Crippen molar-refractivity contribution in [2.24, 2.45) is 0 Å². The van der Waals surface area contributed by atoms with Crippen LogP contribution in [0.2, 0.25) is 0 Å². The first kappa shape index (κ1) is 12.6. The van der Waals surface area contributed by atoms with E-state index in [-0.39, 0.29) is 6.10 Å². The van der Waals surface area contributed by atoms with Gasteiger partial charge in [0.25, 0.3) is 0 Å². The number of likely N-dealkylation sites (tertiary alicyclic amines) is 1. The topological polar surface area (TPSA) is 23.5 Å². The Morgan fingerprint density at radius 2 is 2.06 bits per heavy atom. The summed E-state index contributed by atoms with van der Waals surface area (Å²) in [6.07, 6.45) is 4.57. The lowest BCUT2D eigenvalue weighted by molar-refractivity contribution is 0.136. The molecule has 0 amide bonds. The highest BCUT2D eigenvalue weighted by atomic mass is 79.9. The van der Waals surface area contributed by atoms with Gasteiger partial charge in [0, 0.05) is 11.4 Å². The van der Waals surface area contributed by atoms with E-state index >= 15 is 0 Å². The largest absolute Gasteiger partial charge is 0.388 e. The molecule has 0 radical (unpaired) electrons. The molecule has 90 valence electrons. The Labute approximate surface area is 109 Å². The Balaban J connectivity index is 1.76. The van der Waals surface area contributed by atoms with Crippen molar-refractivity contribution in [3.8, 4) is 0 Å². The van der Waals surface area contributed by atoms with Gasteiger partial charge in [0.15, 0.2) is 0 Å². The molecule has 4 heteroatoms. The lowest BCUT2D eigenvalue weighted by Crippen LogP contribution is -2.31. The zero-order valence-corrected chi connectivity index (χ0v) is 11.8. The maximum absolute atomic E-state index is 10.0. The van der Waals surface area contributed by atoms with Crippen molar-refractivity contribution >= 4 is 27.3 Å². The van der Waals surface area contributed by atoms with Crippen molar-refractivity contribution in [3.63, 3.8) is 0 Å². The van der Waals surface area contributed by atoms with E-state index < -0.39 is 0 Å². The van der Waals surface area contributed by atoms with E-state index in [0.717, 1.165) is 21.6 Å². The lowest BCUT2D eigenvalue weighted by Gasteiger charge is -2.27. The Morgan fingerprint density at radius 1 is 1.31 bits per heavy atom. The van der Waals surface area contributed by atoms with E-state index in [1.165, 1.54) is 32.4 Å². The van der Waals surface area contributed by atoms with E-state index in [9.17, 15) is 5.11 Å². The molecule has 0 saturated carbocycles. The van der Waals surface area contributed by atoms with Gasteiger partial charge in [0.05, 0.1) is 9.89 Å². The van der Waals surface area contributed by atoms with Crippen LogP contribution in [0.4, 0.5) is 0 Å². The van der Waals surface area contributed by atoms with Gasteiger partial charge in [-0.05, 0) is 60.4 Å². The zero-order valence-electron chi connectivity index (χ0n) is 9.36. The van der Waals surface area contributed by atoms with E-state index in [1.807, 2.05) is 12.1 Å². The van der Waals surface area contributed by atoms with Crippen LogP contribution in [-0.4, -0.2) is 29.6 Å². The Kier molecular flexibility index (Phi) is 4.82. The fraction of sp³-hybridized carbons (Fsp3) is 0.667. The molecule has 1 aromatic rings. The number of rotatable bonds is 4. The summed E-state index contributed by atoms with van der Waals surface area (Å²) in [5.74, 6) is 0. The molecule has 1 saturated heterocycles. The van der Waals surface area contributed by atoms with Crippen molar-refractivity contribution in [2.45, 2.75) is 31.8 Å². The van der Waals surface area contributed by atoms with Gasteiger partial charge in [0.1, 0.15) is 0 Å². The van der Waals surface area contributed by atoms with Crippen LogP contribution >= 0.6 is 27.3 Å². The van der Waals surface area contributed by atoms with Gasteiger partial charge >= 0.3 is 0 Å². The molecule has 0 bridgehead atoms. The Hall–Kier alpha value is 0.1000. The molecule has 1 aliphatic heterocycles. The number of aliphatic hydroxyl groups is 1. The van der Waals surface area contributed by atoms with Gasteiger partial charge in [0.2, 0.25) is 0 Å². The van der Waals surface area contributed by atoms with Gasteiger partial charge in [-0.3, -0.25) is 0 Å². The van der Waals surface area contributed by atoms with Crippen LogP contribution in [0, 0.1) is 0 Å². The third-order valence-corrected chi connectivity index (χ3v) is 4.81. The van der Waals surface area contributed by atoms with Crippen molar-refractivity contribution in [1.29, 1.82) is 0 Å². The molecule has 1 N–H and O–H groups in total. The van der Waals surface area contributed by atoms with Crippen LogP contribution in [0.5, 0.6) is 0 Å². The van der Waals surface area contributed by atoms with Crippen LogP contribution < -0.4 is 0 Å². The summed E-state index contributed by atoms with van der Waals surface area (Å²) < 4.78 is 1.10. The van der Waals surface area contributed by atoms with Gasteiger partial charge in [-0.15, -0.1) is 11.3 Å². The summed E-state index contributed by atoms with van der Waals surface area (Å²) in [5, 5.41) is 10.0. The first-order valence-electron chi connectivity index (χ1n) is 5.91. The number of thiophene rings is 1. The molecule has 2 nitrogen and oxygen atoms in total. The summed E-state index contributed by atoms with van der Waals surface area (Å²) >= 11 is 5.06. The summed E-state index contributed by atoms with van der Waals surface area (Å²) in [5.41, 5.74) is 0. The van der Waals surface area contributed by atoms with Gasteiger partial charge in [-0.1, -0.05) is 6.42 Å². The summed E-state index contributed by atoms with van der Waals surface area (Å²) in [6, 6.07) is 4.01. The van der Waals surface area contributed by atoms with Crippen LogP contribution in [0.3, 0.4) is 0 Å². The zero-order chi connectivity index (χ0) is 11.4. The van der Waals surface area contributed by atoms with Crippen molar-refractivity contribution in [2.75, 3.05) is 19.6 Å². The second kappa shape index (κ2) is 6.15. The number of hydrogen-bond acceptors (Lipinski definition) is 3. The van der Waals surface area contributed by atoms with E-state index in [1.54, 1.807) is 11.3 Å². The van der Waals surface area contributed by atoms with Crippen LogP contribution in [0.25, 0.3) is 0 Å². The normalized spacial score (nSPS) is 19.9. The number of nitrogens with zero attached hydrogens (tertiary/aromatic N) is 1. The smallest absolute Gasteiger partial charge is 0.0894 e. The van der Waals surface area contributed by atoms with Crippen LogP contribution in [0.1, 0.15) is 36.7 Å². The molecule has 1 aromatic heterocycles. The predicted octanol–water partition coefficient (Wildman–Crippen LogP) is 3.42. The van der Waals surface area contributed by atoms with Crippen molar-refractivity contribution < 1.29 is 5.11 Å². The molecule has 2 rings (SSSR count). The maximum Gasteiger partial charge on any atom is 0.0894 e. The third-order valence-electron chi connectivity index (χ3n) is 3.09. The molecular formula is C12H18BrNOS. The van der Waals surface area contributed by atoms with Gasteiger partial charge < -0.3 is 10.0 Å². The summed E-state index contributed by atoms with van der Waals surface area (Å²) in [4.78, 5) is 3.54. The minimum atomic E-state index is -0.293. The molecular weight excluding hydrogens is 286 g/mol. The standard InChI is InChI=1S/C12H18BrNOS/c13-12-5-4-11(16-12)10(15)6-9-14-7-2-1-3-8-14/h4-5,10,15H,1-3,6-9H2. The lowest BCUT2D eigenvalue weighted by atomic mass is 10.1. The van der Waals surface area contributed by atoms with E-state index in [0.29, 0.717) is 0 Å². The predicted molar refractivity (Wildman–Crippen MR) is 71.9 cm³/mol. The quantitative estimate of drug-likeness (QED) is 0.921. The van der Waals surface area contributed by atoms with Crippen LogP contribution in [-0.2, 0) is 0 Å². The van der Waals surface area contributed by atoms with Crippen molar-refractivity contribution in [1.82, 2.24) is 4.90 Å². The highest BCUT2D eigenvalue weighted by Crippen LogP contribution is 2.29. The molecule has 0 aliphatic carbocycles. The highest BCUT2D eigenvalue weighted by Gasteiger charge is 2.14. The van der Waals surface area contributed by atoms with Gasteiger partial charge in [-0.25, -0.2) is 0 Å². The molecule has 2 heterocycles. The third kappa shape index (κ3) is 3.55. The maximum atomic E-state index is 10.0. The average molecular weight is 304 g/mol. The van der Waals surface area contributed by atoms with Gasteiger partial charge in [-0.2, -0.15) is 0 Å². The monoisotopic (exact) mass is 303 g/mol. The SMILES string of the molecule is OC(CCN1CCCCC1)c1ccc(Br)s1. The first-order valence-corrected chi connectivity index (χ1v) is 7.52. The number of aliphatic hydroxyl groups excluding tert-OH is 1. The minimum absolute atomic E-state index is 0.293. The molecule has 1 aliphatic rings. The Morgan fingerprint density at radius 3 is 2.69 bits per heavy atom. The number of halogens is 1. The fourth-order valence-electron chi connectivity index (χ4n) is 2.14. The molecule has 0 spiro atoms. The second-order valence-electron chi connectivity index (χ2n) is 4.35. The number of piperidine rings is 1. The molecule has 16 heavy (non-hydrogen) atoms. The average Bonchev–Trinajstić information content (AvgIpc) is 2.74. The first-order chi connectivity index (χ1) is 7.75. The van der Waals surface area contributed by atoms with E-state index in [4.69, 9.17) is 0 Å². The Bertz CT molecular complexity index is 323. The van der Waals surface area contributed by atoms with E-state index in [2.05, 4.69) is 20.8 Å². The van der Waals surface area contributed by atoms with Crippen LogP contribution in [0.15, 0.2) is 15.9 Å². The molecule has 1 unspecified atom stereocenters. The molecule has 1 fully saturated rings. The molecule has 0 aromatic carbocycles.